The number of H-pyrrole nitrogens is 2. The summed E-state index contributed by atoms with van der Waals surface area (Å²) in [5.74, 6) is 0.718. The van der Waals surface area contributed by atoms with Crippen LogP contribution in [-0.4, -0.2) is 36.6 Å². The van der Waals surface area contributed by atoms with Crippen molar-refractivity contribution in [2.24, 2.45) is 5.92 Å². The van der Waals surface area contributed by atoms with Crippen LogP contribution in [0.25, 0.3) is 11.0 Å². The molecule has 1 unspecified atom stereocenters. The third kappa shape index (κ3) is 2.13. The van der Waals surface area contributed by atoms with Gasteiger partial charge in [-0.15, -0.1) is 0 Å². The number of rotatable bonds is 3. The lowest BCUT2D eigenvalue weighted by atomic mass is 10.1. The SMILES string of the molecule is CN(CC1CCNC1)c1ccc2[nH]c(=O)[nH]c2c1. The highest BCUT2D eigenvalue weighted by atomic mass is 16.1. The van der Waals surface area contributed by atoms with Crippen molar-refractivity contribution < 1.29 is 0 Å². The molecule has 1 fully saturated rings. The number of hydrogen-bond donors (Lipinski definition) is 3. The zero-order valence-electron chi connectivity index (χ0n) is 10.5. The maximum absolute atomic E-state index is 11.2. The summed E-state index contributed by atoms with van der Waals surface area (Å²) in [6, 6.07) is 6.02. The molecule has 1 aromatic carbocycles. The highest BCUT2D eigenvalue weighted by molar-refractivity contribution is 5.78. The van der Waals surface area contributed by atoms with Crippen LogP contribution in [0.2, 0.25) is 0 Å². The van der Waals surface area contributed by atoms with E-state index in [4.69, 9.17) is 0 Å². The van der Waals surface area contributed by atoms with Gasteiger partial charge in [-0.3, -0.25) is 0 Å². The van der Waals surface area contributed by atoms with Crippen molar-refractivity contribution in [3.05, 3.63) is 28.7 Å². The van der Waals surface area contributed by atoms with Gasteiger partial charge in [0.1, 0.15) is 0 Å². The van der Waals surface area contributed by atoms with Gasteiger partial charge in [0.2, 0.25) is 0 Å². The molecule has 0 bridgehead atoms. The first-order valence-corrected chi connectivity index (χ1v) is 6.36. The molecule has 0 aliphatic carbocycles. The molecule has 1 aliphatic rings. The standard InChI is InChI=1S/C13H18N4O/c1-17(8-9-4-5-14-7-9)10-2-3-11-12(6-10)16-13(18)15-11/h2-3,6,9,14H,4-5,7-8H2,1H3,(H2,15,16,18). The summed E-state index contributed by atoms with van der Waals surface area (Å²) in [6.45, 7) is 3.28. The second-order valence-corrected chi connectivity index (χ2v) is 5.05. The predicted molar refractivity (Wildman–Crippen MR) is 73.2 cm³/mol. The molecular formula is C13H18N4O. The molecule has 3 rings (SSSR count). The second kappa shape index (κ2) is 4.49. The molecule has 0 radical (unpaired) electrons. The Morgan fingerprint density at radius 1 is 1.33 bits per heavy atom. The largest absolute Gasteiger partial charge is 0.374 e. The number of hydrogen-bond acceptors (Lipinski definition) is 3. The van der Waals surface area contributed by atoms with Crippen molar-refractivity contribution in [1.82, 2.24) is 15.3 Å². The van der Waals surface area contributed by atoms with E-state index in [9.17, 15) is 4.79 Å². The van der Waals surface area contributed by atoms with E-state index in [0.29, 0.717) is 0 Å². The summed E-state index contributed by atoms with van der Waals surface area (Å²) in [6.07, 6.45) is 1.24. The van der Waals surface area contributed by atoms with Crippen LogP contribution < -0.4 is 15.9 Å². The number of imidazole rings is 1. The van der Waals surface area contributed by atoms with Gasteiger partial charge >= 0.3 is 5.69 Å². The fourth-order valence-corrected chi connectivity index (χ4v) is 2.62. The van der Waals surface area contributed by atoms with Crippen LogP contribution in [0, 0.1) is 5.92 Å². The van der Waals surface area contributed by atoms with E-state index in [1.54, 1.807) is 0 Å². The Labute approximate surface area is 105 Å². The van der Waals surface area contributed by atoms with Crippen LogP contribution >= 0.6 is 0 Å². The Morgan fingerprint density at radius 2 is 2.17 bits per heavy atom. The zero-order chi connectivity index (χ0) is 12.5. The molecule has 2 aromatic rings. The topological polar surface area (TPSA) is 63.9 Å². The van der Waals surface area contributed by atoms with Crippen LogP contribution in [-0.2, 0) is 0 Å². The predicted octanol–water partition coefficient (Wildman–Crippen LogP) is 0.902. The van der Waals surface area contributed by atoms with Crippen LogP contribution in [0.15, 0.2) is 23.0 Å². The van der Waals surface area contributed by atoms with Gasteiger partial charge < -0.3 is 20.2 Å². The molecule has 1 aromatic heterocycles. The average molecular weight is 246 g/mol. The summed E-state index contributed by atoms with van der Waals surface area (Å²) in [7, 11) is 2.10. The lowest BCUT2D eigenvalue weighted by Gasteiger charge is -2.22. The molecule has 0 amide bonds. The molecule has 2 heterocycles. The molecule has 1 aliphatic heterocycles. The quantitative estimate of drug-likeness (QED) is 0.754. The number of anilines is 1. The number of nitrogens with one attached hydrogen (secondary N) is 3. The van der Waals surface area contributed by atoms with Crippen molar-refractivity contribution in [2.75, 3.05) is 31.6 Å². The van der Waals surface area contributed by atoms with Crippen molar-refractivity contribution in [2.45, 2.75) is 6.42 Å². The van der Waals surface area contributed by atoms with E-state index < -0.39 is 0 Å². The smallest absolute Gasteiger partial charge is 0.323 e. The van der Waals surface area contributed by atoms with Crippen LogP contribution in [0.4, 0.5) is 5.69 Å². The molecule has 1 atom stereocenters. The van der Waals surface area contributed by atoms with E-state index in [2.05, 4.69) is 33.3 Å². The Morgan fingerprint density at radius 3 is 2.94 bits per heavy atom. The summed E-state index contributed by atoms with van der Waals surface area (Å²) < 4.78 is 0. The number of aromatic amines is 2. The van der Waals surface area contributed by atoms with Gasteiger partial charge in [-0.25, -0.2) is 4.79 Å². The number of aromatic nitrogens is 2. The first kappa shape index (κ1) is 11.3. The first-order chi connectivity index (χ1) is 8.72. The molecule has 5 heteroatoms. The van der Waals surface area contributed by atoms with Crippen molar-refractivity contribution in [1.29, 1.82) is 0 Å². The van der Waals surface area contributed by atoms with Gasteiger partial charge in [0.25, 0.3) is 0 Å². The van der Waals surface area contributed by atoms with Gasteiger partial charge in [-0.1, -0.05) is 0 Å². The van der Waals surface area contributed by atoms with Gasteiger partial charge in [0.15, 0.2) is 0 Å². The normalized spacial score (nSPS) is 19.5. The monoisotopic (exact) mass is 246 g/mol. The zero-order valence-corrected chi connectivity index (χ0v) is 10.5. The molecule has 18 heavy (non-hydrogen) atoms. The number of benzene rings is 1. The maximum atomic E-state index is 11.2. The Hall–Kier alpha value is -1.75. The van der Waals surface area contributed by atoms with Crippen molar-refractivity contribution in [3.63, 3.8) is 0 Å². The fourth-order valence-electron chi connectivity index (χ4n) is 2.62. The summed E-state index contributed by atoms with van der Waals surface area (Å²) in [4.78, 5) is 19.0. The Bertz CT molecular complexity index is 594. The van der Waals surface area contributed by atoms with Crippen LogP contribution in [0.3, 0.4) is 0 Å². The van der Waals surface area contributed by atoms with Gasteiger partial charge in [-0.2, -0.15) is 0 Å². The molecule has 0 spiro atoms. The summed E-state index contributed by atoms with van der Waals surface area (Å²) in [5.41, 5.74) is 2.73. The minimum absolute atomic E-state index is 0.148. The molecule has 0 saturated carbocycles. The summed E-state index contributed by atoms with van der Waals surface area (Å²) in [5, 5.41) is 3.38. The molecule has 1 saturated heterocycles. The highest BCUT2D eigenvalue weighted by Gasteiger charge is 2.16. The van der Waals surface area contributed by atoms with E-state index in [1.165, 1.54) is 6.42 Å². The third-order valence-electron chi connectivity index (χ3n) is 3.63. The van der Waals surface area contributed by atoms with Gasteiger partial charge in [-0.05, 0) is 43.6 Å². The lowest BCUT2D eigenvalue weighted by Crippen LogP contribution is -2.26. The molecule has 5 nitrogen and oxygen atoms in total. The van der Waals surface area contributed by atoms with Gasteiger partial charge in [0.05, 0.1) is 11.0 Å². The highest BCUT2D eigenvalue weighted by Crippen LogP contribution is 2.20. The first-order valence-electron chi connectivity index (χ1n) is 6.36. The Balaban J connectivity index is 1.81. The second-order valence-electron chi connectivity index (χ2n) is 5.05. The van der Waals surface area contributed by atoms with E-state index in [0.717, 1.165) is 42.3 Å². The Kier molecular flexibility index (Phi) is 2.83. The molecular weight excluding hydrogens is 228 g/mol. The molecule has 3 N–H and O–H groups in total. The average Bonchev–Trinajstić information content (AvgIpc) is 2.95. The maximum Gasteiger partial charge on any atom is 0.323 e. The summed E-state index contributed by atoms with van der Waals surface area (Å²) >= 11 is 0. The molecule has 96 valence electrons. The minimum Gasteiger partial charge on any atom is -0.374 e. The van der Waals surface area contributed by atoms with E-state index >= 15 is 0 Å². The van der Waals surface area contributed by atoms with Crippen molar-refractivity contribution in [3.8, 4) is 0 Å². The van der Waals surface area contributed by atoms with Crippen molar-refractivity contribution >= 4 is 16.7 Å². The van der Waals surface area contributed by atoms with Crippen LogP contribution in [0.5, 0.6) is 0 Å². The third-order valence-corrected chi connectivity index (χ3v) is 3.63. The van der Waals surface area contributed by atoms with Crippen LogP contribution in [0.1, 0.15) is 6.42 Å². The number of fused-ring (bicyclic) bond motifs is 1. The lowest BCUT2D eigenvalue weighted by molar-refractivity contribution is 0.578. The number of nitrogens with zero attached hydrogens (tertiary/aromatic N) is 1. The minimum atomic E-state index is -0.148. The fraction of sp³-hybridized carbons (Fsp3) is 0.462. The van der Waals surface area contributed by atoms with E-state index in [1.807, 2.05) is 12.1 Å². The van der Waals surface area contributed by atoms with Gasteiger partial charge in [0, 0.05) is 19.3 Å². The van der Waals surface area contributed by atoms with E-state index in [-0.39, 0.29) is 5.69 Å².